The minimum Gasteiger partial charge on any atom is -0.495 e. The molecule has 0 saturated carbocycles. The largest absolute Gasteiger partial charge is 0.495 e. The molecule has 1 fully saturated rings. The lowest BCUT2D eigenvalue weighted by Crippen LogP contribution is -2.51. The van der Waals surface area contributed by atoms with Gasteiger partial charge in [-0.25, -0.2) is 12.8 Å². The Morgan fingerprint density at radius 3 is 2.31 bits per heavy atom. The summed E-state index contributed by atoms with van der Waals surface area (Å²) in [6.07, 6.45) is 0. The van der Waals surface area contributed by atoms with E-state index in [0.717, 1.165) is 15.6 Å². The van der Waals surface area contributed by atoms with Gasteiger partial charge in [0.15, 0.2) is 0 Å². The normalized spacial score (nSPS) is 14.2. The SMILES string of the molecule is COc1ccc(Cl)cc1S(=O)(=O)N(CC(=O)N1CCN(c2ccc(F)cc2)CC1)Cc1ccccc1. The highest BCUT2D eigenvalue weighted by atomic mass is 35.5. The van der Waals surface area contributed by atoms with E-state index in [2.05, 4.69) is 4.90 Å². The average Bonchev–Trinajstić information content (AvgIpc) is 2.89. The molecular formula is C26H27ClFN3O4S. The summed E-state index contributed by atoms with van der Waals surface area (Å²) >= 11 is 6.11. The molecule has 1 aliphatic rings. The number of methoxy groups -OCH3 is 1. The van der Waals surface area contributed by atoms with Crippen molar-refractivity contribution in [1.29, 1.82) is 0 Å². The molecule has 36 heavy (non-hydrogen) atoms. The van der Waals surface area contributed by atoms with Gasteiger partial charge in [0.25, 0.3) is 0 Å². The number of hydrogen-bond acceptors (Lipinski definition) is 5. The molecule has 7 nitrogen and oxygen atoms in total. The van der Waals surface area contributed by atoms with Crippen LogP contribution in [0.15, 0.2) is 77.7 Å². The molecule has 10 heteroatoms. The lowest BCUT2D eigenvalue weighted by Gasteiger charge is -2.37. The summed E-state index contributed by atoms with van der Waals surface area (Å²) in [6.45, 7) is 1.66. The van der Waals surface area contributed by atoms with Gasteiger partial charge in [0, 0.05) is 43.4 Å². The molecular weight excluding hydrogens is 505 g/mol. The number of piperazine rings is 1. The van der Waals surface area contributed by atoms with E-state index in [4.69, 9.17) is 16.3 Å². The molecule has 3 aromatic carbocycles. The van der Waals surface area contributed by atoms with Crippen LogP contribution < -0.4 is 9.64 Å². The van der Waals surface area contributed by atoms with E-state index in [-0.39, 0.29) is 40.5 Å². The van der Waals surface area contributed by atoms with Crippen molar-refractivity contribution in [3.05, 3.63) is 89.2 Å². The van der Waals surface area contributed by atoms with E-state index in [1.807, 2.05) is 30.3 Å². The molecule has 0 bridgehead atoms. The van der Waals surface area contributed by atoms with Crippen LogP contribution in [0.5, 0.6) is 5.75 Å². The summed E-state index contributed by atoms with van der Waals surface area (Å²) in [4.78, 5) is 16.9. The first-order valence-electron chi connectivity index (χ1n) is 11.4. The topological polar surface area (TPSA) is 70.2 Å². The standard InChI is InChI=1S/C26H27ClFN3O4S/c1-35-24-12-7-21(27)17-25(24)36(33,34)31(18-20-5-3-2-4-6-20)19-26(32)30-15-13-29(14-16-30)23-10-8-22(28)9-11-23/h2-12,17H,13-16,18-19H2,1H3. The van der Waals surface area contributed by atoms with Crippen LogP contribution in [0.2, 0.25) is 5.02 Å². The molecule has 1 amide bonds. The summed E-state index contributed by atoms with van der Waals surface area (Å²) in [5.74, 6) is -0.448. The number of hydrogen-bond donors (Lipinski definition) is 0. The number of amides is 1. The third-order valence-electron chi connectivity index (χ3n) is 6.08. The van der Waals surface area contributed by atoms with Gasteiger partial charge in [-0.15, -0.1) is 0 Å². The molecule has 1 saturated heterocycles. The lowest BCUT2D eigenvalue weighted by molar-refractivity contribution is -0.131. The van der Waals surface area contributed by atoms with Gasteiger partial charge in [-0.1, -0.05) is 41.9 Å². The van der Waals surface area contributed by atoms with Gasteiger partial charge in [-0.2, -0.15) is 4.31 Å². The van der Waals surface area contributed by atoms with Crippen molar-refractivity contribution in [2.75, 3.05) is 44.7 Å². The van der Waals surface area contributed by atoms with Crippen molar-refractivity contribution in [2.45, 2.75) is 11.4 Å². The van der Waals surface area contributed by atoms with Gasteiger partial charge in [0.2, 0.25) is 15.9 Å². The zero-order valence-corrected chi connectivity index (χ0v) is 21.4. The maximum Gasteiger partial charge on any atom is 0.247 e. The monoisotopic (exact) mass is 531 g/mol. The van der Waals surface area contributed by atoms with Gasteiger partial charge < -0.3 is 14.5 Å². The van der Waals surface area contributed by atoms with Gasteiger partial charge >= 0.3 is 0 Å². The van der Waals surface area contributed by atoms with E-state index in [1.165, 1.54) is 31.4 Å². The molecule has 0 aromatic heterocycles. The maximum absolute atomic E-state index is 13.7. The van der Waals surface area contributed by atoms with Gasteiger partial charge in [0.05, 0.1) is 13.7 Å². The third kappa shape index (κ3) is 5.98. The molecule has 4 rings (SSSR count). The molecule has 0 atom stereocenters. The van der Waals surface area contributed by atoms with Crippen LogP contribution in [0.1, 0.15) is 5.56 Å². The summed E-state index contributed by atoms with van der Waals surface area (Å²) in [7, 11) is -2.74. The molecule has 0 spiro atoms. The molecule has 0 radical (unpaired) electrons. The number of benzene rings is 3. The summed E-state index contributed by atoms with van der Waals surface area (Å²) < 4.78 is 47.1. The van der Waals surface area contributed by atoms with Crippen molar-refractivity contribution < 1.29 is 22.3 Å². The molecule has 3 aromatic rings. The molecule has 0 aliphatic carbocycles. The fourth-order valence-electron chi connectivity index (χ4n) is 4.12. The van der Waals surface area contributed by atoms with E-state index in [9.17, 15) is 17.6 Å². The van der Waals surface area contributed by atoms with E-state index >= 15 is 0 Å². The smallest absolute Gasteiger partial charge is 0.247 e. The summed E-state index contributed by atoms with van der Waals surface area (Å²) in [6, 6.07) is 19.7. The van der Waals surface area contributed by atoms with Crippen LogP contribution in [0.4, 0.5) is 10.1 Å². The molecule has 0 unspecified atom stereocenters. The van der Waals surface area contributed by atoms with Crippen LogP contribution in [0.25, 0.3) is 0 Å². The maximum atomic E-state index is 13.7. The van der Waals surface area contributed by atoms with Crippen molar-refractivity contribution in [1.82, 2.24) is 9.21 Å². The fourth-order valence-corrected chi connectivity index (χ4v) is 5.92. The first-order chi connectivity index (χ1) is 17.3. The number of anilines is 1. The quantitative estimate of drug-likeness (QED) is 0.439. The predicted molar refractivity (Wildman–Crippen MR) is 137 cm³/mol. The Bertz CT molecular complexity index is 1300. The van der Waals surface area contributed by atoms with Gasteiger partial charge in [-0.05, 0) is 48.0 Å². The number of ether oxygens (including phenoxy) is 1. The Morgan fingerprint density at radius 1 is 1.00 bits per heavy atom. The van der Waals surface area contributed by atoms with Crippen LogP contribution in [0.3, 0.4) is 0 Å². The van der Waals surface area contributed by atoms with Crippen LogP contribution in [-0.2, 0) is 21.4 Å². The van der Waals surface area contributed by atoms with Gasteiger partial charge in [-0.3, -0.25) is 4.79 Å². The predicted octanol–water partition coefficient (Wildman–Crippen LogP) is 4.03. The van der Waals surface area contributed by atoms with Crippen molar-refractivity contribution in [2.24, 2.45) is 0 Å². The highest BCUT2D eigenvalue weighted by molar-refractivity contribution is 7.89. The van der Waals surface area contributed by atoms with E-state index < -0.39 is 10.0 Å². The summed E-state index contributed by atoms with van der Waals surface area (Å²) in [5, 5.41) is 0.247. The number of carbonyl (C=O) groups is 1. The fraction of sp³-hybridized carbons (Fsp3) is 0.269. The van der Waals surface area contributed by atoms with Crippen LogP contribution in [-0.4, -0.2) is 63.4 Å². The number of rotatable bonds is 8. The number of nitrogens with zero attached hydrogens (tertiary/aromatic N) is 3. The number of halogens is 2. The molecule has 0 N–H and O–H groups in total. The minimum atomic E-state index is -4.13. The highest BCUT2D eigenvalue weighted by Gasteiger charge is 2.32. The van der Waals surface area contributed by atoms with E-state index in [0.29, 0.717) is 26.2 Å². The molecule has 1 aliphatic heterocycles. The Morgan fingerprint density at radius 2 is 1.67 bits per heavy atom. The van der Waals surface area contributed by atoms with Crippen molar-refractivity contribution in [3.63, 3.8) is 0 Å². The average molecular weight is 532 g/mol. The van der Waals surface area contributed by atoms with Crippen LogP contribution in [0, 0.1) is 5.82 Å². The minimum absolute atomic E-state index is 0.0140. The van der Waals surface area contributed by atoms with Gasteiger partial charge in [0.1, 0.15) is 16.5 Å². The Kier molecular flexibility index (Phi) is 8.13. The molecule has 1 heterocycles. The number of sulfonamides is 1. The lowest BCUT2D eigenvalue weighted by atomic mass is 10.2. The Hall–Kier alpha value is -3.14. The zero-order chi connectivity index (χ0) is 25.7. The summed E-state index contributed by atoms with van der Waals surface area (Å²) in [5.41, 5.74) is 1.63. The van der Waals surface area contributed by atoms with Crippen molar-refractivity contribution >= 4 is 33.2 Å². The Balaban J connectivity index is 1.53. The first-order valence-corrected chi connectivity index (χ1v) is 13.3. The van der Waals surface area contributed by atoms with E-state index in [1.54, 1.807) is 23.1 Å². The second-order valence-corrected chi connectivity index (χ2v) is 10.7. The van der Waals surface area contributed by atoms with Crippen LogP contribution >= 0.6 is 11.6 Å². The number of carbonyl (C=O) groups excluding carboxylic acids is 1. The van der Waals surface area contributed by atoms with Crippen molar-refractivity contribution in [3.8, 4) is 5.75 Å². The second-order valence-electron chi connectivity index (χ2n) is 8.40. The first kappa shape index (κ1) is 25.9. The highest BCUT2D eigenvalue weighted by Crippen LogP contribution is 2.30. The Labute approximate surface area is 215 Å². The third-order valence-corrected chi connectivity index (χ3v) is 8.13. The zero-order valence-electron chi connectivity index (χ0n) is 19.8. The molecule has 190 valence electrons. The second kappa shape index (κ2) is 11.3.